The molecule has 0 saturated carbocycles. The van der Waals surface area contributed by atoms with Gasteiger partial charge in [0.2, 0.25) is 0 Å². The molecule has 3 nitrogen and oxygen atoms in total. The van der Waals surface area contributed by atoms with Gasteiger partial charge in [-0.25, -0.2) is 4.79 Å². The highest BCUT2D eigenvalue weighted by Gasteiger charge is 2.09. The fourth-order valence-corrected chi connectivity index (χ4v) is 2.12. The van der Waals surface area contributed by atoms with E-state index >= 15 is 0 Å². The van der Waals surface area contributed by atoms with E-state index in [1.54, 1.807) is 7.11 Å². The van der Waals surface area contributed by atoms with Crippen LogP contribution >= 0.6 is 0 Å². The maximum atomic E-state index is 11.1. The molecule has 0 aliphatic rings. The minimum Gasteiger partial charge on any atom is -0.496 e. The quantitative estimate of drug-likeness (QED) is 0.863. The van der Waals surface area contributed by atoms with Gasteiger partial charge in [-0.1, -0.05) is 36.4 Å². The Morgan fingerprint density at radius 3 is 2.35 bits per heavy atom. The molecule has 3 heteroatoms. The Morgan fingerprint density at radius 1 is 1.10 bits per heavy atom. The highest BCUT2D eigenvalue weighted by molar-refractivity contribution is 5.95. The Labute approximate surface area is 118 Å². The molecule has 0 radical (unpaired) electrons. The lowest BCUT2D eigenvalue weighted by Gasteiger charge is -2.11. The molecule has 0 aliphatic carbocycles. The third kappa shape index (κ3) is 3.06. The summed E-state index contributed by atoms with van der Waals surface area (Å²) in [6.45, 7) is 1.94. The average molecular weight is 268 g/mol. The molecule has 0 fully saturated rings. The van der Waals surface area contributed by atoms with Gasteiger partial charge in [0, 0.05) is 6.08 Å². The Morgan fingerprint density at radius 2 is 1.80 bits per heavy atom. The molecule has 0 heterocycles. The van der Waals surface area contributed by atoms with Crippen molar-refractivity contribution < 1.29 is 14.6 Å². The van der Waals surface area contributed by atoms with Gasteiger partial charge < -0.3 is 9.84 Å². The van der Waals surface area contributed by atoms with Crippen LogP contribution in [0.4, 0.5) is 0 Å². The topological polar surface area (TPSA) is 46.5 Å². The van der Waals surface area contributed by atoms with Gasteiger partial charge in [-0.3, -0.25) is 0 Å². The van der Waals surface area contributed by atoms with Crippen LogP contribution in [0.3, 0.4) is 0 Å². The molecule has 20 heavy (non-hydrogen) atoms. The van der Waals surface area contributed by atoms with E-state index in [0.717, 1.165) is 22.4 Å². The first-order chi connectivity index (χ1) is 9.61. The second kappa shape index (κ2) is 6.06. The zero-order valence-electron chi connectivity index (χ0n) is 11.5. The first-order valence-corrected chi connectivity index (χ1v) is 6.27. The molecule has 0 bridgehead atoms. The lowest BCUT2D eigenvalue weighted by molar-refractivity contribution is -0.131. The van der Waals surface area contributed by atoms with Gasteiger partial charge in [-0.05, 0) is 41.3 Å². The number of hydrogen-bond donors (Lipinski definition) is 1. The summed E-state index contributed by atoms with van der Waals surface area (Å²) in [5.41, 5.74) is 3.39. The van der Waals surface area contributed by atoms with Gasteiger partial charge in [-0.2, -0.15) is 0 Å². The van der Waals surface area contributed by atoms with Crippen molar-refractivity contribution in [2.24, 2.45) is 0 Å². The van der Waals surface area contributed by atoms with Crippen LogP contribution in [0.25, 0.3) is 5.57 Å². The maximum Gasteiger partial charge on any atom is 0.328 e. The summed E-state index contributed by atoms with van der Waals surface area (Å²) in [6, 6.07) is 15.1. The fourth-order valence-electron chi connectivity index (χ4n) is 2.12. The predicted molar refractivity (Wildman–Crippen MR) is 78.9 cm³/mol. The molecule has 0 aliphatic heterocycles. The SMILES string of the molecule is COc1ccc(C(=CC(=O)O)c2ccccc2)cc1C. The van der Waals surface area contributed by atoms with E-state index in [0.29, 0.717) is 5.57 Å². The molecule has 0 amide bonds. The molecular formula is C17H16O3. The van der Waals surface area contributed by atoms with Crippen LogP contribution in [-0.4, -0.2) is 18.2 Å². The normalized spacial score (nSPS) is 11.2. The lowest BCUT2D eigenvalue weighted by atomic mass is 9.96. The summed E-state index contributed by atoms with van der Waals surface area (Å²) < 4.78 is 5.23. The molecule has 0 unspecified atom stereocenters. The molecule has 2 aromatic rings. The summed E-state index contributed by atoms with van der Waals surface area (Å²) in [6.07, 6.45) is 1.23. The van der Waals surface area contributed by atoms with Crippen molar-refractivity contribution in [3.05, 3.63) is 71.3 Å². The van der Waals surface area contributed by atoms with Crippen LogP contribution in [0.2, 0.25) is 0 Å². The largest absolute Gasteiger partial charge is 0.496 e. The van der Waals surface area contributed by atoms with Gasteiger partial charge >= 0.3 is 5.97 Å². The highest BCUT2D eigenvalue weighted by atomic mass is 16.5. The van der Waals surface area contributed by atoms with Gasteiger partial charge in [0.05, 0.1) is 7.11 Å². The molecule has 0 saturated heterocycles. The van der Waals surface area contributed by atoms with E-state index in [1.807, 2.05) is 55.5 Å². The number of carboxylic acid groups (broad SMARTS) is 1. The van der Waals surface area contributed by atoms with Crippen LogP contribution < -0.4 is 4.74 Å². The van der Waals surface area contributed by atoms with Crippen LogP contribution in [0.15, 0.2) is 54.6 Å². The Balaban J connectivity index is 2.53. The molecule has 0 spiro atoms. The summed E-state index contributed by atoms with van der Waals surface area (Å²) in [5.74, 6) is -0.172. The smallest absolute Gasteiger partial charge is 0.328 e. The third-order valence-corrected chi connectivity index (χ3v) is 3.06. The van der Waals surface area contributed by atoms with E-state index in [2.05, 4.69) is 0 Å². The minimum absolute atomic E-state index is 0.684. The van der Waals surface area contributed by atoms with Gasteiger partial charge in [0.15, 0.2) is 0 Å². The van der Waals surface area contributed by atoms with Crippen molar-refractivity contribution in [3.8, 4) is 5.75 Å². The minimum atomic E-state index is -0.961. The second-order valence-corrected chi connectivity index (χ2v) is 4.45. The van der Waals surface area contributed by atoms with Crippen molar-refractivity contribution in [1.29, 1.82) is 0 Å². The number of aryl methyl sites for hydroxylation is 1. The van der Waals surface area contributed by atoms with Crippen molar-refractivity contribution >= 4 is 11.5 Å². The summed E-state index contributed by atoms with van der Waals surface area (Å²) in [7, 11) is 1.62. The Hall–Kier alpha value is -2.55. The van der Waals surface area contributed by atoms with Crippen molar-refractivity contribution in [1.82, 2.24) is 0 Å². The van der Waals surface area contributed by atoms with Gasteiger partial charge in [-0.15, -0.1) is 0 Å². The zero-order chi connectivity index (χ0) is 14.5. The molecule has 102 valence electrons. The van der Waals surface area contributed by atoms with Crippen molar-refractivity contribution in [3.63, 3.8) is 0 Å². The first kappa shape index (κ1) is 13.9. The third-order valence-electron chi connectivity index (χ3n) is 3.06. The number of methoxy groups -OCH3 is 1. The lowest BCUT2D eigenvalue weighted by Crippen LogP contribution is -1.96. The molecule has 0 aromatic heterocycles. The second-order valence-electron chi connectivity index (χ2n) is 4.45. The molecule has 1 N–H and O–H groups in total. The molecule has 0 atom stereocenters. The summed E-state index contributed by atoms with van der Waals surface area (Å²) in [5, 5.41) is 9.08. The first-order valence-electron chi connectivity index (χ1n) is 6.27. The number of carbonyl (C=O) groups is 1. The summed E-state index contributed by atoms with van der Waals surface area (Å²) in [4.78, 5) is 11.1. The van der Waals surface area contributed by atoms with E-state index in [1.165, 1.54) is 6.08 Å². The summed E-state index contributed by atoms with van der Waals surface area (Å²) >= 11 is 0. The van der Waals surface area contributed by atoms with Crippen LogP contribution in [0.1, 0.15) is 16.7 Å². The van der Waals surface area contributed by atoms with Gasteiger partial charge in [0.25, 0.3) is 0 Å². The molecule has 2 aromatic carbocycles. The maximum absolute atomic E-state index is 11.1. The monoisotopic (exact) mass is 268 g/mol. The Bertz CT molecular complexity index is 643. The predicted octanol–water partition coefficient (Wildman–Crippen LogP) is 3.52. The van der Waals surface area contributed by atoms with Crippen LogP contribution in [-0.2, 0) is 4.79 Å². The van der Waals surface area contributed by atoms with E-state index in [4.69, 9.17) is 9.84 Å². The Kier molecular flexibility index (Phi) is 4.20. The van der Waals surface area contributed by atoms with Crippen LogP contribution in [0.5, 0.6) is 5.75 Å². The molecule has 2 rings (SSSR count). The van der Waals surface area contributed by atoms with E-state index in [-0.39, 0.29) is 0 Å². The number of hydrogen-bond acceptors (Lipinski definition) is 2. The number of ether oxygens (including phenoxy) is 1. The van der Waals surface area contributed by atoms with E-state index in [9.17, 15) is 4.79 Å². The average Bonchev–Trinajstić information content (AvgIpc) is 2.45. The van der Waals surface area contributed by atoms with Crippen molar-refractivity contribution in [2.75, 3.05) is 7.11 Å². The molecular weight excluding hydrogens is 252 g/mol. The number of benzene rings is 2. The number of rotatable bonds is 4. The number of aliphatic carboxylic acids is 1. The zero-order valence-corrected chi connectivity index (χ0v) is 11.5. The van der Waals surface area contributed by atoms with Gasteiger partial charge in [0.1, 0.15) is 5.75 Å². The van der Waals surface area contributed by atoms with Crippen molar-refractivity contribution in [2.45, 2.75) is 6.92 Å². The number of carboxylic acids is 1. The highest BCUT2D eigenvalue weighted by Crippen LogP contribution is 2.27. The standard InChI is InChI=1S/C17H16O3/c1-12-10-14(8-9-16(12)20-2)15(11-17(18)19)13-6-4-3-5-7-13/h3-11H,1-2H3,(H,18,19). The fraction of sp³-hybridized carbons (Fsp3) is 0.118. The van der Waals surface area contributed by atoms with Crippen LogP contribution in [0, 0.1) is 6.92 Å². The van der Waals surface area contributed by atoms with E-state index < -0.39 is 5.97 Å².